The molecule has 5 nitrogen and oxygen atoms in total. The molecule has 0 amide bonds. The van der Waals surface area contributed by atoms with E-state index in [0.717, 1.165) is 56.3 Å². The minimum atomic E-state index is -0.515. The lowest BCUT2D eigenvalue weighted by Crippen LogP contribution is -2.67. The van der Waals surface area contributed by atoms with E-state index in [1.807, 2.05) is 13.8 Å². The normalized spacial score (nSPS) is 41.0. The highest BCUT2D eigenvalue weighted by atomic mass is 32.2. The van der Waals surface area contributed by atoms with Gasteiger partial charge in [-0.3, -0.25) is 9.59 Å². The second kappa shape index (κ2) is 13.4. The fraction of sp³-hybridized carbons (Fsp3) is 0.837. The van der Waals surface area contributed by atoms with Gasteiger partial charge in [-0.05, 0) is 139 Å². The van der Waals surface area contributed by atoms with Gasteiger partial charge in [-0.25, -0.2) is 0 Å². The molecular weight excluding hydrogens is 629 g/mol. The maximum absolute atomic E-state index is 13.5. The van der Waals surface area contributed by atoms with Gasteiger partial charge in [-0.2, -0.15) is 0 Å². The molecule has 5 aliphatic rings. The van der Waals surface area contributed by atoms with Crippen molar-refractivity contribution in [1.29, 1.82) is 0 Å². The summed E-state index contributed by atoms with van der Waals surface area (Å²) in [5.41, 5.74) is 1.94. The van der Waals surface area contributed by atoms with Crippen molar-refractivity contribution in [2.45, 2.75) is 139 Å². The molecule has 0 aromatic heterocycles. The van der Waals surface area contributed by atoms with Crippen molar-refractivity contribution in [2.75, 3.05) is 24.9 Å². The van der Waals surface area contributed by atoms with E-state index in [1.165, 1.54) is 31.1 Å². The molecule has 0 bridgehead atoms. The number of carbonyl (C=O) groups excluding carboxylic acids is 3. The molecule has 5 rings (SSSR count). The number of allylic oxidation sites excluding steroid dienone is 2. The molecule has 0 N–H and O–H groups in total. The molecule has 0 heterocycles. The van der Waals surface area contributed by atoms with Gasteiger partial charge in [0.15, 0.2) is 0 Å². The van der Waals surface area contributed by atoms with Crippen LogP contribution in [0.5, 0.6) is 0 Å². The lowest BCUT2D eigenvalue weighted by Gasteiger charge is -2.72. The standard InChI is InChI=1S/C43H69O5S/c1-28(2)29(3)30-15-20-43(27-44)22-21-41(9)31(37(30)43)13-14-33-40(8)18-17-34(39(6,7)32(40)16-19-42(33,41)10)48-36(46)26-38(4,5)25-35(45)47-23-24-49(11)12/h27,30-34,37H,1,3,13-26H2,2,4-12H3/q+1/t30-,31?,32?,33?,34-,37?,40-,41+,42+,43+/m0/s1. The molecule has 0 saturated heterocycles. The van der Waals surface area contributed by atoms with E-state index < -0.39 is 5.41 Å². The predicted molar refractivity (Wildman–Crippen MR) is 202 cm³/mol. The second-order valence-corrected chi connectivity index (χ2v) is 22.1. The monoisotopic (exact) mass is 697 g/mol. The molecular formula is C43H69O5S+. The summed E-state index contributed by atoms with van der Waals surface area (Å²) in [6, 6.07) is 0. The topological polar surface area (TPSA) is 69.7 Å². The maximum atomic E-state index is 13.5. The summed E-state index contributed by atoms with van der Waals surface area (Å²) in [5.74, 6) is 2.78. The highest BCUT2D eigenvalue weighted by Crippen LogP contribution is 2.77. The Balaban J connectivity index is 1.31. The number of esters is 2. The van der Waals surface area contributed by atoms with Crippen molar-refractivity contribution in [2.24, 2.45) is 62.1 Å². The number of aldehydes is 1. The van der Waals surface area contributed by atoms with Crippen LogP contribution in [0.2, 0.25) is 0 Å². The van der Waals surface area contributed by atoms with E-state index in [0.29, 0.717) is 36.2 Å². The van der Waals surface area contributed by atoms with Gasteiger partial charge in [0, 0.05) is 10.8 Å². The molecule has 49 heavy (non-hydrogen) atoms. The van der Waals surface area contributed by atoms with Crippen LogP contribution in [0.25, 0.3) is 0 Å². The number of hydrogen-bond acceptors (Lipinski definition) is 5. The summed E-state index contributed by atoms with van der Waals surface area (Å²) in [6.45, 7) is 27.8. The summed E-state index contributed by atoms with van der Waals surface area (Å²) < 4.78 is 11.8. The zero-order valence-electron chi connectivity index (χ0n) is 32.8. The quantitative estimate of drug-likeness (QED) is 0.0931. The average molecular weight is 698 g/mol. The number of rotatable bonds is 11. The molecule has 10 atom stereocenters. The Labute approximate surface area is 301 Å². The molecule has 6 heteroatoms. The van der Waals surface area contributed by atoms with Crippen LogP contribution >= 0.6 is 0 Å². The van der Waals surface area contributed by atoms with Gasteiger partial charge in [0.2, 0.25) is 0 Å². The summed E-state index contributed by atoms with van der Waals surface area (Å²) >= 11 is 0. The summed E-state index contributed by atoms with van der Waals surface area (Å²) in [4.78, 5) is 38.9. The fourth-order valence-electron chi connectivity index (χ4n) is 13.2. The first-order chi connectivity index (χ1) is 22.7. The van der Waals surface area contributed by atoms with Gasteiger partial charge in [0.25, 0.3) is 0 Å². The van der Waals surface area contributed by atoms with Crippen LogP contribution in [0.3, 0.4) is 0 Å². The highest BCUT2D eigenvalue weighted by Gasteiger charge is 2.71. The Bertz CT molecular complexity index is 1330. The third-order valence-electron chi connectivity index (χ3n) is 15.9. The second-order valence-electron chi connectivity index (χ2n) is 19.8. The van der Waals surface area contributed by atoms with E-state index in [4.69, 9.17) is 9.47 Å². The van der Waals surface area contributed by atoms with Crippen molar-refractivity contribution >= 4 is 29.1 Å². The number of ether oxygens (including phenoxy) is 2. The molecule has 5 saturated carbocycles. The smallest absolute Gasteiger partial charge is 0.306 e. The number of carbonyl (C=O) groups is 3. The van der Waals surface area contributed by atoms with Crippen molar-refractivity contribution in [3.8, 4) is 0 Å². The molecule has 0 radical (unpaired) electrons. The lowest BCUT2D eigenvalue weighted by molar-refractivity contribution is -0.248. The summed E-state index contributed by atoms with van der Waals surface area (Å²) in [6.07, 6.45) is 16.8. The third-order valence-corrected chi connectivity index (χ3v) is 16.9. The van der Waals surface area contributed by atoms with Crippen LogP contribution in [0.15, 0.2) is 24.3 Å². The lowest BCUT2D eigenvalue weighted by atomic mass is 9.32. The van der Waals surface area contributed by atoms with Crippen LogP contribution < -0.4 is 0 Å². The zero-order chi connectivity index (χ0) is 36.4. The summed E-state index contributed by atoms with van der Waals surface area (Å²) in [7, 11) is 0.233. The minimum Gasteiger partial charge on any atom is -0.462 e. The maximum Gasteiger partial charge on any atom is 0.306 e. The largest absolute Gasteiger partial charge is 0.462 e. The van der Waals surface area contributed by atoms with Gasteiger partial charge in [0.05, 0.1) is 25.4 Å². The van der Waals surface area contributed by atoms with Gasteiger partial charge in [-0.1, -0.05) is 67.2 Å². The number of fused-ring (bicyclic) bond motifs is 7. The third kappa shape index (κ3) is 6.54. The van der Waals surface area contributed by atoms with E-state index in [-0.39, 0.29) is 68.9 Å². The average Bonchev–Trinajstić information content (AvgIpc) is 3.37. The van der Waals surface area contributed by atoms with E-state index in [9.17, 15) is 14.4 Å². The molecule has 0 aliphatic heterocycles. The summed E-state index contributed by atoms with van der Waals surface area (Å²) in [5, 5.41) is 0. The van der Waals surface area contributed by atoms with Gasteiger partial charge < -0.3 is 14.3 Å². The Morgan fingerprint density at radius 2 is 1.51 bits per heavy atom. The minimum absolute atomic E-state index is 0.126. The number of hydrogen-bond donors (Lipinski definition) is 0. The van der Waals surface area contributed by atoms with Gasteiger partial charge in [0.1, 0.15) is 24.7 Å². The van der Waals surface area contributed by atoms with Crippen LogP contribution in [0.1, 0.15) is 132 Å². The van der Waals surface area contributed by atoms with E-state index in [1.54, 1.807) is 0 Å². The van der Waals surface area contributed by atoms with E-state index in [2.05, 4.69) is 67.2 Å². The first-order valence-corrected chi connectivity index (χ1v) is 21.6. The first-order valence-electron chi connectivity index (χ1n) is 19.4. The zero-order valence-corrected chi connectivity index (χ0v) is 33.6. The SMILES string of the molecule is C=C(C)C(=C)[C@@H]1CC[C@]2(C=O)CC[C@]3(C)C(CCC4[C@@]5(C)CC[C@H](OC(=O)CC(C)(C)CC(=O)OCC[S+](C)C)C(C)(C)C5CC[C@]43C)C12. The van der Waals surface area contributed by atoms with Crippen LogP contribution in [0, 0.1) is 62.1 Å². The fourth-order valence-corrected chi connectivity index (χ4v) is 13.6. The van der Waals surface area contributed by atoms with Crippen molar-refractivity contribution in [3.05, 3.63) is 24.3 Å². The van der Waals surface area contributed by atoms with E-state index >= 15 is 0 Å². The Morgan fingerprint density at radius 1 is 0.837 bits per heavy atom. The predicted octanol–water partition coefficient (Wildman–Crippen LogP) is 9.54. The molecule has 0 aromatic rings. The van der Waals surface area contributed by atoms with Gasteiger partial charge >= 0.3 is 11.9 Å². The molecule has 0 spiro atoms. The van der Waals surface area contributed by atoms with Crippen molar-refractivity contribution in [1.82, 2.24) is 0 Å². The molecule has 4 unspecified atom stereocenters. The Morgan fingerprint density at radius 3 is 2.14 bits per heavy atom. The molecule has 5 aliphatic carbocycles. The van der Waals surface area contributed by atoms with Gasteiger partial charge in [-0.15, -0.1) is 0 Å². The van der Waals surface area contributed by atoms with Crippen molar-refractivity contribution in [3.63, 3.8) is 0 Å². The Kier molecular flexibility index (Phi) is 10.6. The highest BCUT2D eigenvalue weighted by molar-refractivity contribution is 7.95. The van der Waals surface area contributed by atoms with Crippen LogP contribution in [-0.4, -0.2) is 49.2 Å². The van der Waals surface area contributed by atoms with Crippen LogP contribution in [-0.2, 0) is 34.8 Å². The van der Waals surface area contributed by atoms with Crippen LogP contribution in [0.4, 0.5) is 0 Å². The Hall–Kier alpha value is -1.56. The molecule has 5 fully saturated rings. The van der Waals surface area contributed by atoms with Crippen molar-refractivity contribution < 1.29 is 23.9 Å². The first kappa shape index (κ1) is 38.7. The molecule has 276 valence electrons. The molecule has 0 aromatic carbocycles.